The zero-order valence-electron chi connectivity index (χ0n) is 8.95. The van der Waals surface area contributed by atoms with Crippen molar-refractivity contribution < 1.29 is 0 Å². The number of fused-ring (bicyclic) bond motifs is 1. The van der Waals surface area contributed by atoms with Crippen molar-refractivity contribution in [3.05, 3.63) is 48.7 Å². The average Bonchev–Trinajstić information content (AvgIpc) is 2.70. The summed E-state index contributed by atoms with van der Waals surface area (Å²) < 4.78 is 1.70. The molecule has 0 aliphatic carbocycles. The molecule has 5 heteroatoms. The fraction of sp³-hybridized carbons (Fsp3) is 0. The first-order chi connectivity index (χ1) is 8.31. The van der Waals surface area contributed by atoms with Crippen LogP contribution >= 0.6 is 11.8 Å². The minimum Gasteiger partial charge on any atom is -0.366 e. The molecule has 0 spiro atoms. The van der Waals surface area contributed by atoms with Crippen LogP contribution in [0.4, 0.5) is 5.95 Å². The van der Waals surface area contributed by atoms with Crippen LogP contribution in [0.5, 0.6) is 0 Å². The van der Waals surface area contributed by atoms with Crippen LogP contribution in [0.3, 0.4) is 0 Å². The standard InChI is InChI=1S/C12H10N4S/c13-12-14-11-7-6-10(8-16(11)15-12)17-9-4-2-1-3-5-9/h1-8H,(H2,13,15). The maximum Gasteiger partial charge on any atom is 0.240 e. The Kier molecular flexibility index (Phi) is 2.45. The van der Waals surface area contributed by atoms with Gasteiger partial charge in [0.2, 0.25) is 5.95 Å². The number of hydrogen-bond acceptors (Lipinski definition) is 4. The van der Waals surface area contributed by atoms with E-state index in [-0.39, 0.29) is 0 Å². The summed E-state index contributed by atoms with van der Waals surface area (Å²) in [7, 11) is 0. The number of nitrogen functional groups attached to an aromatic ring is 1. The van der Waals surface area contributed by atoms with Gasteiger partial charge >= 0.3 is 0 Å². The lowest BCUT2D eigenvalue weighted by molar-refractivity contribution is 0.946. The van der Waals surface area contributed by atoms with Gasteiger partial charge in [0.1, 0.15) is 0 Å². The summed E-state index contributed by atoms with van der Waals surface area (Å²) in [6, 6.07) is 14.1. The number of rotatable bonds is 2. The van der Waals surface area contributed by atoms with Crippen molar-refractivity contribution in [2.75, 3.05) is 5.73 Å². The van der Waals surface area contributed by atoms with Gasteiger partial charge in [0.25, 0.3) is 0 Å². The van der Waals surface area contributed by atoms with Gasteiger partial charge in [-0.25, -0.2) is 4.52 Å². The molecule has 0 radical (unpaired) electrons. The van der Waals surface area contributed by atoms with Crippen molar-refractivity contribution in [1.82, 2.24) is 14.6 Å². The molecule has 0 aliphatic heterocycles. The maximum absolute atomic E-state index is 5.54. The normalized spacial score (nSPS) is 10.8. The number of benzene rings is 1. The second-order valence-electron chi connectivity index (χ2n) is 3.55. The van der Waals surface area contributed by atoms with E-state index < -0.39 is 0 Å². The molecular weight excluding hydrogens is 232 g/mol. The van der Waals surface area contributed by atoms with Gasteiger partial charge in [-0.05, 0) is 24.3 Å². The Labute approximate surface area is 102 Å². The molecule has 3 rings (SSSR count). The Hall–Kier alpha value is -2.01. The van der Waals surface area contributed by atoms with Crippen LogP contribution in [-0.2, 0) is 0 Å². The molecule has 1 aromatic carbocycles. The first-order valence-electron chi connectivity index (χ1n) is 5.16. The fourth-order valence-corrected chi connectivity index (χ4v) is 2.42. The predicted octanol–water partition coefficient (Wildman–Crippen LogP) is 2.46. The van der Waals surface area contributed by atoms with Crippen LogP contribution < -0.4 is 5.73 Å². The number of anilines is 1. The largest absolute Gasteiger partial charge is 0.366 e. The highest BCUT2D eigenvalue weighted by atomic mass is 32.2. The fourth-order valence-electron chi connectivity index (χ4n) is 1.57. The van der Waals surface area contributed by atoms with E-state index in [2.05, 4.69) is 22.2 Å². The van der Waals surface area contributed by atoms with Gasteiger partial charge in [-0.1, -0.05) is 30.0 Å². The highest BCUT2D eigenvalue weighted by molar-refractivity contribution is 7.99. The zero-order valence-corrected chi connectivity index (χ0v) is 9.76. The van der Waals surface area contributed by atoms with Gasteiger partial charge < -0.3 is 5.73 Å². The third-order valence-electron chi connectivity index (χ3n) is 2.30. The average molecular weight is 242 g/mol. The van der Waals surface area contributed by atoms with Crippen molar-refractivity contribution in [2.24, 2.45) is 0 Å². The summed E-state index contributed by atoms with van der Waals surface area (Å²) in [6.45, 7) is 0. The number of pyridine rings is 1. The summed E-state index contributed by atoms with van der Waals surface area (Å²) in [5.74, 6) is 0.298. The molecule has 0 amide bonds. The van der Waals surface area contributed by atoms with E-state index in [0.717, 1.165) is 10.5 Å². The SMILES string of the molecule is Nc1nc2ccc(Sc3ccccc3)cn2n1. The molecule has 0 atom stereocenters. The Balaban J connectivity index is 1.95. The second kappa shape index (κ2) is 4.10. The van der Waals surface area contributed by atoms with Gasteiger partial charge in [0.15, 0.2) is 5.65 Å². The monoisotopic (exact) mass is 242 g/mol. The van der Waals surface area contributed by atoms with Gasteiger partial charge in [-0.15, -0.1) is 5.10 Å². The van der Waals surface area contributed by atoms with E-state index >= 15 is 0 Å². The lowest BCUT2D eigenvalue weighted by Gasteiger charge is -2.01. The zero-order chi connectivity index (χ0) is 11.7. The molecule has 2 heterocycles. The summed E-state index contributed by atoms with van der Waals surface area (Å²) >= 11 is 1.68. The summed E-state index contributed by atoms with van der Waals surface area (Å²) in [5.41, 5.74) is 6.31. The highest BCUT2D eigenvalue weighted by Gasteiger charge is 2.02. The Morgan fingerprint density at radius 1 is 1.00 bits per heavy atom. The summed E-state index contributed by atoms with van der Waals surface area (Å²) in [5, 5.41) is 4.09. The van der Waals surface area contributed by atoms with E-state index in [1.54, 1.807) is 16.3 Å². The number of aromatic nitrogens is 3. The molecule has 3 aromatic rings. The first kappa shape index (κ1) is 10.2. The van der Waals surface area contributed by atoms with Crippen LogP contribution in [0.15, 0.2) is 58.5 Å². The minimum atomic E-state index is 0.298. The molecule has 0 fully saturated rings. The lowest BCUT2D eigenvalue weighted by atomic mass is 10.4. The van der Waals surface area contributed by atoms with Gasteiger partial charge in [-0.3, -0.25) is 0 Å². The van der Waals surface area contributed by atoms with E-state index in [4.69, 9.17) is 5.73 Å². The topological polar surface area (TPSA) is 56.2 Å². The maximum atomic E-state index is 5.54. The second-order valence-corrected chi connectivity index (χ2v) is 4.70. The van der Waals surface area contributed by atoms with Crippen LogP contribution in [0.25, 0.3) is 5.65 Å². The molecule has 0 aliphatic rings. The summed E-state index contributed by atoms with van der Waals surface area (Å²) in [4.78, 5) is 6.38. The molecule has 4 nitrogen and oxygen atoms in total. The van der Waals surface area contributed by atoms with Crippen molar-refractivity contribution in [3.63, 3.8) is 0 Å². The van der Waals surface area contributed by atoms with Crippen molar-refractivity contribution in [3.8, 4) is 0 Å². The Bertz CT molecular complexity index is 648. The van der Waals surface area contributed by atoms with Crippen molar-refractivity contribution in [1.29, 1.82) is 0 Å². The molecule has 17 heavy (non-hydrogen) atoms. The predicted molar refractivity (Wildman–Crippen MR) is 68.0 cm³/mol. The number of nitrogens with zero attached hydrogens (tertiary/aromatic N) is 3. The van der Waals surface area contributed by atoms with Crippen LogP contribution in [-0.4, -0.2) is 14.6 Å². The lowest BCUT2D eigenvalue weighted by Crippen LogP contribution is -1.89. The van der Waals surface area contributed by atoms with Gasteiger partial charge in [0, 0.05) is 16.0 Å². The van der Waals surface area contributed by atoms with E-state index in [9.17, 15) is 0 Å². The number of nitrogens with two attached hydrogens (primary N) is 1. The minimum absolute atomic E-state index is 0.298. The summed E-state index contributed by atoms with van der Waals surface area (Å²) in [6.07, 6.45) is 1.93. The smallest absolute Gasteiger partial charge is 0.240 e. The highest BCUT2D eigenvalue weighted by Crippen LogP contribution is 2.27. The van der Waals surface area contributed by atoms with E-state index in [1.165, 1.54) is 4.90 Å². The molecule has 2 N–H and O–H groups in total. The third kappa shape index (κ3) is 2.09. The van der Waals surface area contributed by atoms with Crippen molar-refractivity contribution >= 4 is 23.4 Å². The molecule has 0 saturated carbocycles. The third-order valence-corrected chi connectivity index (χ3v) is 3.28. The van der Waals surface area contributed by atoms with Crippen LogP contribution in [0.2, 0.25) is 0 Å². The quantitative estimate of drug-likeness (QED) is 0.750. The molecule has 0 saturated heterocycles. The molecule has 0 unspecified atom stereocenters. The van der Waals surface area contributed by atoms with E-state index in [1.807, 2.05) is 36.5 Å². The van der Waals surface area contributed by atoms with Gasteiger partial charge in [-0.2, -0.15) is 4.98 Å². The Morgan fingerprint density at radius 3 is 2.65 bits per heavy atom. The molecule has 0 bridgehead atoms. The molecule has 2 aromatic heterocycles. The Morgan fingerprint density at radius 2 is 1.82 bits per heavy atom. The van der Waals surface area contributed by atoms with Crippen LogP contribution in [0, 0.1) is 0 Å². The molecule has 84 valence electrons. The van der Waals surface area contributed by atoms with Crippen LogP contribution in [0.1, 0.15) is 0 Å². The number of hydrogen-bond donors (Lipinski definition) is 1. The van der Waals surface area contributed by atoms with Crippen molar-refractivity contribution in [2.45, 2.75) is 9.79 Å². The molecular formula is C12H10N4S. The first-order valence-corrected chi connectivity index (χ1v) is 5.98. The van der Waals surface area contributed by atoms with Gasteiger partial charge in [0.05, 0.1) is 0 Å². The van der Waals surface area contributed by atoms with E-state index in [0.29, 0.717) is 5.95 Å².